The van der Waals surface area contributed by atoms with E-state index in [1.165, 1.54) is 0 Å². The van der Waals surface area contributed by atoms with Crippen molar-refractivity contribution >= 4 is 53.0 Å². The molecule has 0 aliphatic carbocycles. The number of thiazole rings is 1. The van der Waals surface area contributed by atoms with E-state index in [1.807, 2.05) is 11.8 Å². The number of aliphatic imine (C=N–C) groups is 1. The van der Waals surface area contributed by atoms with Gasteiger partial charge in [0.1, 0.15) is 0 Å². The summed E-state index contributed by atoms with van der Waals surface area (Å²) in [5, 5.41) is 8.12. The second kappa shape index (κ2) is 11.3. The fraction of sp³-hybridized carbons (Fsp3) is 0.765. The van der Waals surface area contributed by atoms with Gasteiger partial charge in [-0.25, -0.2) is 4.98 Å². The third kappa shape index (κ3) is 6.84. The Balaban J connectivity index is 0.00000300. The summed E-state index contributed by atoms with van der Waals surface area (Å²) in [7, 11) is 1.70. The van der Waals surface area contributed by atoms with E-state index in [9.17, 15) is 13.2 Å². The third-order valence-corrected chi connectivity index (χ3v) is 7.19. The van der Waals surface area contributed by atoms with Crippen molar-refractivity contribution in [3.05, 3.63) is 16.1 Å². The van der Waals surface area contributed by atoms with Crippen LogP contribution in [0.4, 0.5) is 13.2 Å². The molecule has 0 bridgehead atoms. The molecule has 0 radical (unpaired) electrons. The molecule has 2 saturated heterocycles. The Bertz CT molecular complexity index is 662. The highest BCUT2D eigenvalue weighted by atomic mass is 127. The van der Waals surface area contributed by atoms with E-state index in [2.05, 4.69) is 25.5 Å². The van der Waals surface area contributed by atoms with Crippen LogP contribution in [0.2, 0.25) is 0 Å². The fourth-order valence-electron chi connectivity index (χ4n) is 3.45. The number of aromatic nitrogens is 1. The topological polar surface area (TPSA) is 61.8 Å². The lowest BCUT2D eigenvalue weighted by Gasteiger charge is -2.43. The standard InChI is InChI=1S/C17H26F3N5OS2.HI/c1-21-15(22-4-2-14-24-13(10-28-14)17(18,19)20)23-11-16(3-9-27-12-16)25-5-7-26-8-6-25;/h10H,2-9,11-12H2,1H3,(H2,21,22,23);1H. The molecule has 2 fully saturated rings. The predicted molar refractivity (Wildman–Crippen MR) is 123 cm³/mol. The number of hydrogen-bond acceptors (Lipinski definition) is 6. The van der Waals surface area contributed by atoms with Crippen LogP contribution in [-0.4, -0.2) is 79.3 Å². The Morgan fingerprint density at radius 3 is 2.69 bits per heavy atom. The normalized spacial score (nSPS) is 23.7. The highest BCUT2D eigenvalue weighted by Gasteiger charge is 2.40. The largest absolute Gasteiger partial charge is 0.434 e. The lowest BCUT2D eigenvalue weighted by molar-refractivity contribution is -0.140. The van der Waals surface area contributed by atoms with Crippen LogP contribution in [0.25, 0.3) is 0 Å². The number of thioether (sulfide) groups is 1. The smallest absolute Gasteiger partial charge is 0.379 e. The first kappa shape index (κ1) is 25.0. The first-order valence-corrected chi connectivity index (χ1v) is 11.3. The number of alkyl halides is 3. The van der Waals surface area contributed by atoms with Gasteiger partial charge in [0, 0.05) is 56.3 Å². The molecule has 29 heavy (non-hydrogen) atoms. The Labute approximate surface area is 194 Å². The van der Waals surface area contributed by atoms with E-state index >= 15 is 0 Å². The van der Waals surface area contributed by atoms with Crippen LogP contribution in [0, 0.1) is 0 Å². The first-order valence-electron chi connectivity index (χ1n) is 9.30. The third-order valence-electron chi connectivity index (χ3n) is 5.05. The first-order chi connectivity index (χ1) is 13.4. The lowest BCUT2D eigenvalue weighted by Crippen LogP contribution is -2.60. The molecule has 3 rings (SSSR count). The zero-order chi connectivity index (χ0) is 20.0. The highest BCUT2D eigenvalue weighted by Crippen LogP contribution is 2.33. The molecule has 2 aliphatic rings. The quantitative estimate of drug-likeness (QED) is 0.315. The summed E-state index contributed by atoms with van der Waals surface area (Å²) in [5.74, 6) is 2.89. The maximum absolute atomic E-state index is 12.6. The van der Waals surface area contributed by atoms with E-state index < -0.39 is 11.9 Å². The summed E-state index contributed by atoms with van der Waals surface area (Å²) in [4.78, 5) is 10.4. The van der Waals surface area contributed by atoms with Gasteiger partial charge in [-0.1, -0.05) is 0 Å². The SMILES string of the molecule is CN=C(NCCc1nc(C(F)(F)F)cs1)NCC1(N2CCOCC2)CCSC1.I. The van der Waals surface area contributed by atoms with Crippen molar-refractivity contribution in [3.8, 4) is 0 Å². The van der Waals surface area contributed by atoms with Gasteiger partial charge >= 0.3 is 6.18 Å². The van der Waals surface area contributed by atoms with E-state index in [-0.39, 0.29) is 29.5 Å². The van der Waals surface area contributed by atoms with Crippen LogP contribution in [0.3, 0.4) is 0 Å². The van der Waals surface area contributed by atoms with Crippen LogP contribution in [0.5, 0.6) is 0 Å². The van der Waals surface area contributed by atoms with Gasteiger partial charge in [0.25, 0.3) is 0 Å². The minimum absolute atomic E-state index is 0. The number of hydrogen-bond donors (Lipinski definition) is 2. The van der Waals surface area contributed by atoms with Gasteiger partial charge in [0.05, 0.1) is 18.2 Å². The van der Waals surface area contributed by atoms with Crippen molar-refractivity contribution in [1.29, 1.82) is 0 Å². The molecule has 166 valence electrons. The maximum atomic E-state index is 12.6. The number of nitrogens with zero attached hydrogens (tertiary/aromatic N) is 3. The van der Waals surface area contributed by atoms with Gasteiger partial charge in [-0.2, -0.15) is 24.9 Å². The maximum Gasteiger partial charge on any atom is 0.434 e. The van der Waals surface area contributed by atoms with Gasteiger partial charge in [0.2, 0.25) is 0 Å². The van der Waals surface area contributed by atoms with Crippen molar-refractivity contribution in [3.63, 3.8) is 0 Å². The van der Waals surface area contributed by atoms with Crippen molar-refractivity contribution in [2.75, 3.05) is 57.9 Å². The molecule has 0 spiro atoms. The molecule has 6 nitrogen and oxygen atoms in total. The average molecular weight is 565 g/mol. The molecule has 12 heteroatoms. The molecule has 3 heterocycles. The second-order valence-electron chi connectivity index (χ2n) is 6.85. The minimum Gasteiger partial charge on any atom is -0.379 e. The van der Waals surface area contributed by atoms with Crippen molar-refractivity contribution in [1.82, 2.24) is 20.5 Å². The number of rotatable bonds is 6. The molecule has 1 aromatic rings. The number of ether oxygens (including phenoxy) is 1. The Hall–Kier alpha value is -0.310. The van der Waals surface area contributed by atoms with Crippen LogP contribution in [0.15, 0.2) is 10.4 Å². The molecule has 1 atom stereocenters. The summed E-state index contributed by atoms with van der Waals surface area (Å²) in [6, 6.07) is 0. The Kier molecular flexibility index (Phi) is 9.77. The molecular weight excluding hydrogens is 538 g/mol. The van der Waals surface area contributed by atoms with Crippen LogP contribution in [0.1, 0.15) is 17.1 Å². The molecular formula is C17H27F3IN5OS2. The zero-order valence-corrected chi connectivity index (χ0v) is 20.2. The zero-order valence-electron chi connectivity index (χ0n) is 16.3. The van der Waals surface area contributed by atoms with E-state index in [1.54, 1.807) is 7.05 Å². The van der Waals surface area contributed by atoms with E-state index in [0.29, 0.717) is 23.9 Å². The number of halogens is 4. The van der Waals surface area contributed by atoms with Gasteiger partial charge in [-0.3, -0.25) is 9.89 Å². The van der Waals surface area contributed by atoms with E-state index in [0.717, 1.165) is 67.5 Å². The molecule has 0 saturated carbocycles. The minimum atomic E-state index is -4.38. The van der Waals surface area contributed by atoms with Crippen LogP contribution in [-0.2, 0) is 17.3 Å². The average Bonchev–Trinajstić information content (AvgIpc) is 3.35. The number of nitrogens with one attached hydrogen (secondary N) is 2. The van der Waals surface area contributed by atoms with Crippen molar-refractivity contribution in [2.24, 2.45) is 4.99 Å². The van der Waals surface area contributed by atoms with Crippen molar-refractivity contribution in [2.45, 2.75) is 24.6 Å². The van der Waals surface area contributed by atoms with Gasteiger partial charge in [0.15, 0.2) is 11.7 Å². The predicted octanol–water partition coefficient (Wildman–Crippen LogP) is 2.70. The molecule has 2 N–H and O–H groups in total. The highest BCUT2D eigenvalue weighted by molar-refractivity contribution is 14.0. The molecule has 2 aliphatic heterocycles. The summed E-state index contributed by atoms with van der Waals surface area (Å²) in [5.41, 5.74) is -0.718. The molecule has 1 unspecified atom stereocenters. The Morgan fingerprint density at radius 1 is 1.34 bits per heavy atom. The Morgan fingerprint density at radius 2 is 2.10 bits per heavy atom. The summed E-state index contributed by atoms with van der Waals surface area (Å²) in [6.07, 6.45) is -2.83. The summed E-state index contributed by atoms with van der Waals surface area (Å²) in [6.45, 7) is 4.69. The second-order valence-corrected chi connectivity index (χ2v) is 8.90. The van der Waals surface area contributed by atoms with E-state index in [4.69, 9.17) is 4.74 Å². The van der Waals surface area contributed by atoms with Gasteiger partial charge in [-0.15, -0.1) is 35.3 Å². The molecule has 0 amide bonds. The molecule has 0 aromatic carbocycles. The summed E-state index contributed by atoms with van der Waals surface area (Å²) >= 11 is 3.01. The lowest BCUT2D eigenvalue weighted by atomic mass is 9.95. The van der Waals surface area contributed by atoms with Crippen LogP contribution < -0.4 is 10.6 Å². The monoisotopic (exact) mass is 565 g/mol. The summed E-state index contributed by atoms with van der Waals surface area (Å²) < 4.78 is 43.4. The van der Waals surface area contributed by atoms with Crippen LogP contribution >= 0.6 is 47.1 Å². The number of guanidine groups is 1. The fourth-order valence-corrected chi connectivity index (χ4v) is 5.73. The number of morpholine rings is 1. The molecule has 1 aromatic heterocycles. The van der Waals surface area contributed by atoms with Gasteiger partial charge in [-0.05, 0) is 12.2 Å². The van der Waals surface area contributed by atoms with Crippen molar-refractivity contribution < 1.29 is 17.9 Å². The van der Waals surface area contributed by atoms with Gasteiger partial charge < -0.3 is 15.4 Å².